The summed E-state index contributed by atoms with van der Waals surface area (Å²) in [7, 11) is 1.50. The number of nitrogens with two attached hydrogens (primary N) is 1. The van der Waals surface area contributed by atoms with Crippen molar-refractivity contribution in [2.75, 3.05) is 13.7 Å². The van der Waals surface area contributed by atoms with Crippen LogP contribution in [-0.2, 0) is 20.7 Å². The molecule has 0 saturated heterocycles. The first-order valence-electron chi connectivity index (χ1n) is 12.1. The van der Waals surface area contributed by atoms with Crippen molar-refractivity contribution in [3.8, 4) is 5.75 Å². The van der Waals surface area contributed by atoms with Crippen LogP contribution in [0.2, 0.25) is 0 Å². The van der Waals surface area contributed by atoms with Crippen LogP contribution in [0.25, 0.3) is 0 Å². The summed E-state index contributed by atoms with van der Waals surface area (Å²) in [6.45, 7) is 7.28. The van der Waals surface area contributed by atoms with Gasteiger partial charge in [0.25, 0.3) is 0 Å². The van der Waals surface area contributed by atoms with Crippen LogP contribution in [-0.4, -0.2) is 54.5 Å². The minimum atomic E-state index is -1.22. The van der Waals surface area contributed by atoms with Crippen LogP contribution >= 0.6 is 0 Å². The average Bonchev–Trinajstić information content (AvgIpc) is 2.73. The summed E-state index contributed by atoms with van der Waals surface area (Å²) in [4.78, 5) is 12.8. The average molecular weight is 476 g/mol. The molecule has 2 saturated carbocycles. The van der Waals surface area contributed by atoms with Gasteiger partial charge in [-0.1, -0.05) is 0 Å². The van der Waals surface area contributed by atoms with E-state index < -0.39 is 28.9 Å². The number of hydrogen-bond acceptors (Lipinski definition) is 6. The number of halogens is 1. The summed E-state index contributed by atoms with van der Waals surface area (Å²) in [5.41, 5.74) is 4.37. The van der Waals surface area contributed by atoms with Gasteiger partial charge in [-0.2, -0.15) is 0 Å². The SMILES string of the molecule is CO[C@](C)(C(=O)OC(C)(C)C)[C@H]1CCc2cc(C(=N)NC3CC4(C3)CC(F)(CN)C4)ccc2O1. The van der Waals surface area contributed by atoms with Crippen LogP contribution in [0.15, 0.2) is 18.2 Å². The van der Waals surface area contributed by atoms with Crippen molar-refractivity contribution in [2.45, 2.75) is 95.2 Å². The highest BCUT2D eigenvalue weighted by atomic mass is 19.1. The molecular weight excluding hydrogens is 437 g/mol. The number of nitrogens with one attached hydrogen (secondary N) is 2. The Kier molecular flexibility index (Phi) is 6.22. The molecule has 0 aromatic heterocycles. The second-order valence-corrected chi connectivity index (χ2v) is 11.6. The molecule has 0 amide bonds. The third kappa shape index (κ3) is 4.67. The summed E-state index contributed by atoms with van der Waals surface area (Å²) in [6.07, 6.45) is 3.68. The predicted molar refractivity (Wildman–Crippen MR) is 128 cm³/mol. The van der Waals surface area contributed by atoms with Gasteiger partial charge in [-0.3, -0.25) is 5.41 Å². The molecule has 34 heavy (non-hydrogen) atoms. The number of carbonyl (C=O) groups is 1. The molecule has 0 unspecified atom stereocenters. The lowest BCUT2D eigenvalue weighted by molar-refractivity contribution is -0.190. The van der Waals surface area contributed by atoms with E-state index in [9.17, 15) is 9.18 Å². The zero-order valence-electron chi connectivity index (χ0n) is 20.9. The lowest BCUT2D eigenvalue weighted by atomic mass is 9.49. The molecule has 1 spiro atoms. The molecule has 4 N–H and O–H groups in total. The lowest BCUT2D eigenvalue weighted by Crippen LogP contribution is -2.63. The van der Waals surface area contributed by atoms with Crippen LogP contribution in [0.5, 0.6) is 5.75 Å². The number of aryl methyl sites for hydroxylation is 1. The van der Waals surface area contributed by atoms with Gasteiger partial charge in [-0.05, 0) is 95.4 Å². The topological polar surface area (TPSA) is 107 Å². The predicted octanol–water partition coefficient (Wildman–Crippen LogP) is 3.65. The van der Waals surface area contributed by atoms with Crippen LogP contribution in [0.4, 0.5) is 4.39 Å². The van der Waals surface area contributed by atoms with E-state index in [0.717, 1.165) is 24.0 Å². The van der Waals surface area contributed by atoms with Gasteiger partial charge in [0.15, 0.2) is 5.60 Å². The minimum absolute atomic E-state index is 0.0763. The van der Waals surface area contributed by atoms with Gasteiger partial charge < -0.3 is 25.3 Å². The number of amidine groups is 1. The summed E-state index contributed by atoms with van der Waals surface area (Å²) in [5.74, 6) is 0.613. The molecule has 1 heterocycles. The van der Waals surface area contributed by atoms with Gasteiger partial charge in [-0.25, -0.2) is 9.18 Å². The summed E-state index contributed by atoms with van der Waals surface area (Å²) >= 11 is 0. The molecule has 188 valence electrons. The Balaban J connectivity index is 1.36. The summed E-state index contributed by atoms with van der Waals surface area (Å²) in [6, 6.07) is 5.87. The number of benzene rings is 1. The molecule has 0 radical (unpaired) electrons. The molecule has 1 aliphatic heterocycles. The van der Waals surface area contributed by atoms with E-state index in [1.54, 1.807) is 6.92 Å². The minimum Gasteiger partial charge on any atom is -0.486 e. The summed E-state index contributed by atoms with van der Waals surface area (Å²) < 4.78 is 31.5. The number of carbonyl (C=O) groups excluding carboxylic acids is 1. The molecular formula is C26H38FN3O4. The van der Waals surface area contributed by atoms with E-state index in [4.69, 9.17) is 25.4 Å². The van der Waals surface area contributed by atoms with E-state index in [0.29, 0.717) is 37.3 Å². The fourth-order valence-corrected chi connectivity index (χ4v) is 5.76. The fourth-order valence-electron chi connectivity index (χ4n) is 5.76. The number of methoxy groups -OCH3 is 1. The van der Waals surface area contributed by atoms with Gasteiger partial charge in [0, 0.05) is 25.3 Å². The molecule has 2 fully saturated rings. The molecule has 3 aliphatic rings. The number of fused-ring (bicyclic) bond motifs is 1. The highest BCUT2D eigenvalue weighted by Gasteiger charge is 2.60. The molecule has 1 aromatic carbocycles. The van der Waals surface area contributed by atoms with E-state index in [2.05, 4.69) is 5.32 Å². The van der Waals surface area contributed by atoms with Gasteiger partial charge in [0.05, 0.1) is 0 Å². The molecule has 8 heteroatoms. The van der Waals surface area contributed by atoms with Crippen LogP contribution in [0.1, 0.15) is 70.9 Å². The first-order chi connectivity index (χ1) is 15.8. The van der Waals surface area contributed by atoms with Gasteiger partial charge >= 0.3 is 5.97 Å². The van der Waals surface area contributed by atoms with E-state index in [-0.39, 0.29) is 18.0 Å². The molecule has 4 rings (SSSR count). The van der Waals surface area contributed by atoms with Gasteiger partial charge in [0.2, 0.25) is 0 Å². The van der Waals surface area contributed by atoms with Gasteiger partial charge in [-0.15, -0.1) is 0 Å². The number of ether oxygens (including phenoxy) is 3. The zero-order valence-corrected chi connectivity index (χ0v) is 20.9. The first-order valence-corrected chi connectivity index (χ1v) is 12.1. The van der Waals surface area contributed by atoms with Crippen LogP contribution in [0, 0.1) is 10.8 Å². The number of esters is 1. The highest BCUT2D eigenvalue weighted by molar-refractivity contribution is 5.97. The fraction of sp³-hybridized carbons (Fsp3) is 0.692. The van der Waals surface area contributed by atoms with Crippen LogP contribution in [0.3, 0.4) is 0 Å². The Morgan fingerprint density at radius 3 is 2.56 bits per heavy atom. The maximum Gasteiger partial charge on any atom is 0.342 e. The second kappa shape index (κ2) is 8.48. The van der Waals surface area contributed by atoms with Crippen molar-refractivity contribution in [3.05, 3.63) is 29.3 Å². The standard InChI is InChI=1S/C26H38FN3O4/c1-23(2,3)34-22(31)24(4,32-5)20-9-7-16-10-17(6-8-19(16)33-20)21(29)30-18-11-25(12-18)13-26(27,14-25)15-28/h6,8,10,18,20H,7,9,11-15,28H2,1-5H3,(H2,29,30)/t18?,20-,24+,25?,26?/m1/s1. The third-order valence-corrected chi connectivity index (χ3v) is 7.59. The van der Waals surface area contributed by atoms with Crippen LogP contribution < -0.4 is 15.8 Å². The van der Waals surface area contributed by atoms with Crippen molar-refractivity contribution in [1.82, 2.24) is 5.32 Å². The highest BCUT2D eigenvalue weighted by Crippen LogP contribution is 2.61. The molecule has 7 nitrogen and oxygen atoms in total. The maximum atomic E-state index is 14.2. The molecule has 1 aromatic rings. The number of rotatable bonds is 6. The smallest absolute Gasteiger partial charge is 0.342 e. The third-order valence-electron chi connectivity index (χ3n) is 7.59. The molecule has 2 aliphatic carbocycles. The van der Waals surface area contributed by atoms with Crippen molar-refractivity contribution in [1.29, 1.82) is 5.41 Å². The normalized spacial score (nSPS) is 31.9. The Morgan fingerprint density at radius 1 is 1.29 bits per heavy atom. The maximum absolute atomic E-state index is 14.2. The largest absolute Gasteiger partial charge is 0.486 e. The Labute approximate surface area is 201 Å². The second-order valence-electron chi connectivity index (χ2n) is 11.6. The molecule has 2 atom stereocenters. The van der Waals surface area contributed by atoms with E-state index in [1.807, 2.05) is 39.0 Å². The Morgan fingerprint density at radius 2 is 1.97 bits per heavy atom. The Hall–Kier alpha value is -2.19. The number of hydrogen-bond donors (Lipinski definition) is 3. The van der Waals surface area contributed by atoms with E-state index in [1.165, 1.54) is 7.11 Å². The van der Waals surface area contributed by atoms with Crippen molar-refractivity contribution in [3.63, 3.8) is 0 Å². The Bertz CT molecular complexity index is 961. The summed E-state index contributed by atoms with van der Waals surface area (Å²) in [5, 5.41) is 11.8. The molecule has 0 bridgehead atoms. The quantitative estimate of drug-likeness (QED) is 0.329. The van der Waals surface area contributed by atoms with Crippen molar-refractivity contribution in [2.24, 2.45) is 11.1 Å². The lowest BCUT2D eigenvalue weighted by Gasteiger charge is -2.60. The number of alkyl halides is 1. The first kappa shape index (κ1) is 24.9. The van der Waals surface area contributed by atoms with Crippen molar-refractivity contribution < 1.29 is 23.4 Å². The van der Waals surface area contributed by atoms with E-state index >= 15 is 0 Å². The monoisotopic (exact) mass is 475 g/mol. The van der Waals surface area contributed by atoms with Gasteiger partial charge in [0.1, 0.15) is 29.0 Å². The zero-order chi connectivity index (χ0) is 24.9. The van der Waals surface area contributed by atoms with Crippen molar-refractivity contribution >= 4 is 11.8 Å².